The summed E-state index contributed by atoms with van der Waals surface area (Å²) in [6, 6.07) is 7.47. The van der Waals surface area contributed by atoms with Crippen molar-refractivity contribution in [3.63, 3.8) is 0 Å². The van der Waals surface area contributed by atoms with Crippen molar-refractivity contribution < 1.29 is 14.3 Å². The summed E-state index contributed by atoms with van der Waals surface area (Å²) in [4.78, 5) is 11.7. The fraction of sp³-hybridized carbons (Fsp3) is 0.333. The highest BCUT2D eigenvalue weighted by atomic mass is 16.5. The molecule has 0 aliphatic heterocycles. The van der Waals surface area contributed by atoms with E-state index in [1.165, 1.54) is 0 Å². The number of hydrogen-bond acceptors (Lipinski definition) is 4. The highest BCUT2D eigenvalue weighted by molar-refractivity contribution is 5.69. The Bertz CT molecular complexity index is 578. The first kappa shape index (κ1) is 14.1. The first-order valence-corrected chi connectivity index (χ1v) is 6.45. The molecule has 5 heteroatoms. The van der Waals surface area contributed by atoms with Crippen LogP contribution in [0.15, 0.2) is 36.7 Å². The van der Waals surface area contributed by atoms with E-state index in [4.69, 9.17) is 9.47 Å². The number of nitrogens with zero attached hydrogens (tertiary/aromatic N) is 2. The van der Waals surface area contributed by atoms with Crippen LogP contribution in [0.5, 0.6) is 5.75 Å². The molecule has 2 rings (SSSR count). The van der Waals surface area contributed by atoms with E-state index in [2.05, 4.69) is 5.10 Å². The third kappa shape index (κ3) is 4.12. The topological polar surface area (TPSA) is 53.4 Å². The lowest BCUT2D eigenvalue weighted by Crippen LogP contribution is -2.09. The van der Waals surface area contributed by atoms with Gasteiger partial charge in [0.05, 0.1) is 26.3 Å². The van der Waals surface area contributed by atoms with Crippen molar-refractivity contribution in [1.82, 2.24) is 9.78 Å². The number of benzene rings is 1. The van der Waals surface area contributed by atoms with Gasteiger partial charge in [0.1, 0.15) is 12.4 Å². The maximum Gasteiger partial charge on any atom is 0.308 e. The molecule has 0 aliphatic rings. The van der Waals surface area contributed by atoms with E-state index in [1.54, 1.807) is 18.0 Å². The maximum atomic E-state index is 11.7. The predicted octanol–water partition coefficient (Wildman–Crippen LogP) is 2.33. The number of carbonyl (C=O) groups is 1. The molecule has 0 N–H and O–H groups in total. The number of aromatic nitrogens is 2. The van der Waals surface area contributed by atoms with Gasteiger partial charge in [0.25, 0.3) is 0 Å². The number of esters is 1. The molecular formula is C15H18N2O3. The third-order valence-electron chi connectivity index (χ3n) is 2.84. The van der Waals surface area contributed by atoms with E-state index in [1.807, 2.05) is 37.4 Å². The minimum Gasteiger partial charge on any atom is -0.497 e. The zero-order valence-electron chi connectivity index (χ0n) is 11.7. The lowest BCUT2D eigenvalue weighted by atomic mass is 10.2. The summed E-state index contributed by atoms with van der Waals surface area (Å²) in [5, 5.41) is 4.12. The van der Waals surface area contributed by atoms with Crippen LogP contribution in [0.1, 0.15) is 17.5 Å². The Kier molecular flexibility index (Phi) is 4.76. The molecule has 0 aliphatic carbocycles. The van der Waals surface area contributed by atoms with Gasteiger partial charge in [0.15, 0.2) is 0 Å². The van der Waals surface area contributed by atoms with E-state index >= 15 is 0 Å². The number of ether oxygens (including phenoxy) is 2. The average molecular weight is 274 g/mol. The van der Waals surface area contributed by atoms with Crippen LogP contribution in [-0.4, -0.2) is 22.9 Å². The summed E-state index contributed by atoms with van der Waals surface area (Å²) in [5.74, 6) is 0.520. The van der Waals surface area contributed by atoms with Crippen LogP contribution < -0.4 is 4.74 Å². The minimum absolute atomic E-state index is 0.235. The fourth-order valence-electron chi connectivity index (χ4n) is 1.79. The van der Waals surface area contributed by atoms with Crippen LogP contribution in [0.4, 0.5) is 0 Å². The summed E-state index contributed by atoms with van der Waals surface area (Å²) >= 11 is 0. The van der Waals surface area contributed by atoms with Crippen LogP contribution in [-0.2, 0) is 22.7 Å². The second-order valence-corrected chi connectivity index (χ2v) is 4.54. The Morgan fingerprint density at radius 2 is 2.25 bits per heavy atom. The van der Waals surface area contributed by atoms with Crippen molar-refractivity contribution in [2.24, 2.45) is 0 Å². The predicted molar refractivity (Wildman–Crippen MR) is 74.4 cm³/mol. The van der Waals surface area contributed by atoms with Crippen molar-refractivity contribution in [2.75, 3.05) is 7.11 Å². The minimum atomic E-state index is -0.235. The lowest BCUT2D eigenvalue weighted by Gasteiger charge is -2.06. The van der Waals surface area contributed by atoms with Crippen molar-refractivity contribution in [3.05, 3.63) is 47.8 Å². The molecule has 0 fully saturated rings. The lowest BCUT2D eigenvalue weighted by molar-refractivity contribution is -0.145. The van der Waals surface area contributed by atoms with E-state index < -0.39 is 0 Å². The van der Waals surface area contributed by atoms with Crippen molar-refractivity contribution in [2.45, 2.75) is 26.5 Å². The fourth-order valence-corrected chi connectivity index (χ4v) is 1.79. The molecule has 0 radical (unpaired) electrons. The molecule has 1 heterocycles. The molecule has 20 heavy (non-hydrogen) atoms. The highest BCUT2D eigenvalue weighted by Gasteiger charge is 2.05. The largest absolute Gasteiger partial charge is 0.497 e. The molecule has 106 valence electrons. The van der Waals surface area contributed by atoms with Crippen LogP contribution in [0.3, 0.4) is 0 Å². The normalized spacial score (nSPS) is 10.3. The van der Waals surface area contributed by atoms with Gasteiger partial charge in [0, 0.05) is 6.20 Å². The Hall–Kier alpha value is -2.30. The van der Waals surface area contributed by atoms with Crippen molar-refractivity contribution in [1.29, 1.82) is 0 Å². The van der Waals surface area contributed by atoms with E-state index in [-0.39, 0.29) is 12.6 Å². The monoisotopic (exact) mass is 274 g/mol. The van der Waals surface area contributed by atoms with Gasteiger partial charge in [-0.05, 0) is 30.2 Å². The Labute approximate surface area is 118 Å². The SMILES string of the molecule is COc1cccc(COC(=O)CCn2cc(C)cn2)c1. The van der Waals surface area contributed by atoms with E-state index in [9.17, 15) is 4.79 Å². The molecule has 0 amide bonds. The Morgan fingerprint density at radius 3 is 2.95 bits per heavy atom. The van der Waals surface area contributed by atoms with Gasteiger partial charge in [-0.2, -0.15) is 5.10 Å². The van der Waals surface area contributed by atoms with E-state index in [0.717, 1.165) is 16.9 Å². The molecule has 0 bridgehead atoms. The second kappa shape index (κ2) is 6.75. The number of hydrogen-bond donors (Lipinski definition) is 0. The summed E-state index contributed by atoms with van der Waals surface area (Å²) in [6.45, 7) is 2.75. The van der Waals surface area contributed by atoms with Crippen LogP contribution >= 0.6 is 0 Å². The zero-order valence-corrected chi connectivity index (χ0v) is 11.7. The molecule has 1 aromatic heterocycles. The number of aryl methyl sites for hydroxylation is 2. The van der Waals surface area contributed by atoms with Gasteiger partial charge < -0.3 is 9.47 Å². The molecule has 0 atom stereocenters. The number of methoxy groups -OCH3 is 1. The standard InChI is InChI=1S/C15H18N2O3/c1-12-9-16-17(10-12)7-6-15(18)20-11-13-4-3-5-14(8-13)19-2/h3-5,8-10H,6-7,11H2,1-2H3. The van der Waals surface area contributed by atoms with Gasteiger partial charge in [0.2, 0.25) is 0 Å². The van der Waals surface area contributed by atoms with Gasteiger partial charge in [-0.3, -0.25) is 9.48 Å². The first-order valence-electron chi connectivity index (χ1n) is 6.45. The average Bonchev–Trinajstić information content (AvgIpc) is 2.89. The molecule has 0 saturated heterocycles. The van der Waals surface area contributed by atoms with Crippen molar-refractivity contribution in [3.8, 4) is 5.75 Å². The van der Waals surface area contributed by atoms with Gasteiger partial charge >= 0.3 is 5.97 Å². The van der Waals surface area contributed by atoms with Gasteiger partial charge in [-0.1, -0.05) is 12.1 Å². The van der Waals surface area contributed by atoms with Crippen LogP contribution in [0, 0.1) is 6.92 Å². The molecule has 2 aromatic rings. The molecular weight excluding hydrogens is 256 g/mol. The molecule has 1 aromatic carbocycles. The Balaban J connectivity index is 1.77. The summed E-state index contributed by atoms with van der Waals surface area (Å²) in [7, 11) is 1.61. The summed E-state index contributed by atoms with van der Waals surface area (Å²) < 4.78 is 12.1. The molecule has 0 spiro atoms. The summed E-state index contributed by atoms with van der Waals surface area (Å²) in [6.07, 6.45) is 3.97. The maximum absolute atomic E-state index is 11.7. The first-order chi connectivity index (χ1) is 9.67. The number of carbonyl (C=O) groups excluding carboxylic acids is 1. The summed E-state index contributed by atoms with van der Waals surface area (Å²) in [5.41, 5.74) is 1.99. The molecule has 0 unspecified atom stereocenters. The molecule has 0 saturated carbocycles. The highest BCUT2D eigenvalue weighted by Crippen LogP contribution is 2.13. The van der Waals surface area contributed by atoms with Crippen molar-refractivity contribution >= 4 is 5.97 Å². The van der Waals surface area contributed by atoms with Gasteiger partial charge in [-0.25, -0.2) is 0 Å². The number of rotatable bonds is 6. The van der Waals surface area contributed by atoms with Crippen LogP contribution in [0.2, 0.25) is 0 Å². The smallest absolute Gasteiger partial charge is 0.308 e. The zero-order chi connectivity index (χ0) is 14.4. The second-order valence-electron chi connectivity index (χ2n) is 4.54. The quantitative estimate of drug-likeness (QED) is 0.759. The van der Waals surface area contributed by atoms with E-state index in [0.29, 0.717) is 13.0 Å². The molecule has 5 nitrogen and oxygen atoms in total. The third-order valence-corrected chi connectivity index (χ3v) is 2.84. The van der Waals surface area contributed by atoms with Gasteiger partial charge in [-0.15, -0.1) is 0 Å². The Morgan fingerprint density at radius 1 is 1.40 bits per heavy atom. The van der Waals surface area contributed by atoms with Crippen LogP contribution in [0.25, 0.3) is 0 Å².